The van der Waals surface area contributed by atoms with Gasteiger partial charge in [-0.1, -0.05) is 19.1 Å². The third-order valence-corrected chi connectivity index (χ3v) is 4.96. The molecule has 1 aromatic rings. The zero-order chi connectivity index (χ0) is 14.5. The molecule has 0 aromatic heterocycles. The first kappa shape index (κ1) is 16.3. The molecule has 0 fully saturated rings. The van der Waals surface area contributed by atoms with Gasteiger partial charge in [-0.3, -0.25) is 0 Å². The highest BCUT2D eigenvalue weighted by Gasteiger charge is 2.18. The van der Waals surface area contributed by atoms with Crippen molar-refractivity contribution in [3.05, 3.63) is 29.8 Å². The van der Waals surface area contributed by atoms with Gasteiger partial charge in [-0.25, -0.2) is 13.1 Å². The van der Waals surface area contributed by atoms with Crippen LogP contribution >= 0.6 is 11.6 Å². The number of sulfonamides is 1. The van der Waals surface area contributed by atoms with Gasteiger partial charge in [0.05, 0.1) is 12.9 Å². The average molecular weight is 306 g/mol. The first-order valence-corrected chi connectivity index (χ1v) is 8.26. The summed E-state index contributed by atoms with van der Waals surface area (Å²) in [6.45, 7) is 3.61. The van der Waals surface area contributed by atoms with Crippen molar-refractivity contribution in [1.29, 1.82) is 0 Å². The largest absolute Gasteiger partial charge is 0.497 e. The van der Waals surface area contributed by atoms with Gasteiger partial charge in [0.2, 0.25) is 10.0 Å². The second kappa shape index (κ2) is 7.12. The van der Waals surface area contributed by atoms with Crippen LogP contribution in [0.2, 0.25) is 0 Å². The molecule has 0 amide bonds. The van der Waals surface area contributed by atoms with E-state index in [1.165, 1.54) is 0 Å². The topological polar surface area (TPSA) is 55.4 Å². The molecule has 0 saturated heterocycles. The highest BCUT2D eigenvalue weighted by molar-refractivity contribution is 7.89. The van der Waals surface area contributed by atoms with E-state index in [0.29, 0.717) is 11.6 Å². The van der Waals surface area contributed by atoms with Gasteiger partial charge in [-0.15, -0.1) is 11.6 Å². The summed E-state index contributed by atoms with van der Waals surface area (Å²) in [5, 5.41) is 0. The van der Waals surface area contributed by atoms with E-state index in [-0.39, 0.29) is 17.7 Å². The van der Waals surface area contributed by atoms with Crippen LogP contribution in [0.3, 0.4) is 0 Å². The Labute approximate surface area is 120 Å². The van der Waals surface area contributed by atoms with Crippen molar-refractivity contribution in [3.8, 4) is 5.75 Å². The van der Waals surface area contributed by atoms with Gasteiger partial charge in [0.25, 0.3) is 0 Å². The fourth-order valence-electron chi connectivity index (χ4n) is 1.72. The van der Waals surface area contributed by atoms with Crippen LogP contribution in [0.25, 0.3) is 0 Å². The molecule has 0 aliphatic carbocycles. The SMILES string of the molecule is COc1cccc([C@@H](C)NS(=O)(=O)CC(C)CCl)c1. The Hall–Kier alpha value is -0.780. The summed E-state index contributed by atoms with van der Waals surface area (Å²) in [6.07, 6.45) is 0. The number of rotatable bonds is 7. The molecule has 1 N–H and O–H groups in total. The Morgan fingerprint density at radius 1 is 1.37 bits per heavy atom. The maximum Gasteiger partial charge on any atom is 0.212 e. The van der Waals surface area contributed by atoms with Crippen LogP contribution in [0.1, 0.15) is 25.5 Å². The van der Waals surface area contributed by atoms with Crippen molar-refractivity contribution >= 4 is 21.6 Å². The normalized spacial score (nSPS) is 14.9. The van der Waals surface area contributed by atoms with E-state index in [0.717, 1.165) is 5.56 Å². The molecule has 0 saturated carbocycles. The second-order valence-corrected chi connectivity index (χ2v) is 6.76. The van der Waals surface area contributed by atoms with Crippen molar-refractivity contribution in [2.24, 2.45) is 5.92 Å². The Morgan fingerprint density at radius 3 is 2.63 bits per heavy atom. The number of alkyl halides is 1. The fourth-order valence-corrected chi connectivity index (χ4v) is 3.59. The minimum Gasteiger partial charge on any atom is -0.497 e. The number of ether oxygens (including phenoxy) is 1. The van der Waals surface area contributed by atoms with Gasteiger partial charge in [-0.2, -0.15) is 0 Å². The number of hydrogen-bond donors (Lipinski definition) is 1. The number of benzene rings is 1. The molecule has 0 heterocycles. The van der Waals surface area contributed by atoms with Crippen molar-refractivity contribution in [3.63, 3.8) is 0 Å². The highest BCUT2D eigenvalue weighted by atomic mass is 35.5. The molecule has 108 valence electrons. The van der Waals surface area contributed by atoms with Gasteiger partial charge in [0.15, 0.2) is 0 Å². The van der Waals surface area contributed by atoms with Crippen molar-refractivity contribution in [1.82, 2.24) is 4.72 Å². The molecular formula is C13H20ClNO3S. The van der Waals surface area contributed by atoms with Crippen LogP contribution in [0, 0.1) is 5.92 Å². The number of nitrogens with one attached hydrogen (secondary N) is 1. The predicted molar refractivity (Wildman–Crippen MR) is 78.2 cm³/mol. The van der Waals surface area contributed by atoms with Crippen LogP contribution < -0.4 is 9.46 Å². The van der Waals surface area contributed by atoms with Gasteiger partial charge in [-0.05, 0) is 30.5 Å². The summed E-state index contributed by atoms with van der Waals surface area (Å²) in [6, 6.07) is 7.03. The van der Waals surface area contributed by atoms with Crippen LogP contribution in [-0.2, 0) is 10.0 Å². The van der Waals surface area contributed by atoms with E-state index >= 15 is 0 Å². The van der Waals surface area contributed by atoms with E-state index in [9.17, 15) is 8.42 Å². The van der Waals surface area contributed by atoms with Gasteiger partial charge in [0.1, 0.15) is 5.75 Å². The predicted octanol–water partition coefficient (Wildman–Crippen LogP) is 2.55. The summed E-state index contributed by atoms with van der Waals surface area (Å²) in [7, 11) is -1.76. The third-order valence-electron chi connectivity index (χ3n) is 2.72. The van der Waals surface area contributed by atoms with Gasteiger partial charge in [0, 0.05) is 11.9 Å². The second-order valence-electron chi connectivity index (χ2n) is 4.66. The van der Waals surface area contributed by atoms with Crippen molar-refractivity contribution in [2.75, 3.05) is 18.7 Å². The van der Waals surface area contributed by atoms with E-state index in [1.54, 1.807) is 14.0 Å². The Morgan fingerprint density at radius 2 is 2.05 bits per heavy atom. The molecule has 4 nitrogen and oxygen atoms in total. The Bertz CT molecular complexity index is 504. The molecular weight excluding hydrogens is 286 g/mol. The lowest BCUT2D eigenvalue weighted by atomic mass is 10.1. The maximum atomic E-state index is 11.9. The first-order valence-electron chi connectivity index (χ1n) is 6.08. The average Bonchev–Trinajstić information content (AvgIpc) is 2.37. The molecule has 1 unspecified atom stereocenters. The van der Waals surface area contributed by atoms with Crippen LogP contribution in [-0.4, -0.2) is 27.2 Å². The van der Waals surface area contributed by atoms with Crippen molar-refractivity contribution < 1.29 is 13.2 Å². The van der Waals surface area contributed by atoms with E-state index in [2.05, 4.69) is 4.72 Å². The summed E-state index contributed by atoms with van der Waals surface area (Å²) >= 11 is 5.64. The molecule has 1 rings (SSSR count). The number of hydrogen-bond acceptors (Lipinski definition) is 3. The van der Waals surface area contributed by atoms with E-state index < -0.39 is 10.0 Å². The molecule has 0 aliphatic rings. The molecule has 1 aromatic carbocycles. The minimum atomic E-state index is -3.34. The Kier molecular flexibility index (Phi) is 6.10. The molecule has 0 bridgehead atoms. The third kappa shape index (κ3) is 5.38. The fraction of sp³-hybridized carbons (Fsp3) is 0.538. The molecule has 0 radical (unpaired) electrons. The maximum absolute atomic E-state index is 11.9. The molecule has 2 atom stereocenters. The van der Waals surface area contributed by atoms with Gasteiger partial charge >= 0.3 is 0 Å². The number of methoxy groups -OCH3 is 1. The van der Waals surface area contributed by atoms with Crippen LogP contribution in [0.15, 0.2) is 24.3 Å². The lowest BCUT2D eigenvalue weighted by molar-refractivity contribution is 0.413. The van der Waals surface area contributed by atoms with E-state index in [4.69, 9.17) is 16.3 Å². The number of halogens is 1. The zero-order valence-electron chi connectivity index (χ0n) is 11.4. The first-order chi connectivity index (χ1) is 8.88. The molecule has 0 aliphatic heterocycles. The zero-order valence-corrected chi connectivity index (χ0v) is 13.0. The highest BCUT2D eigenvalue weighted by Crippen LogP contribution is 2.19. The summed E-state index contributed by atoms with van der Waals surface area (Å²) in [5.41, 5.74) is 0.862. The monoisotopic (exact) mass is 305 g/mol. The summed E-state index contributed by atoms with van der Waals surface area (Å²) in [5.74, 6) is 0.994. The summed E-state index contributed by atoms with van der Waals surface area (Å²) in [4.78, 5) is 0. The van der Waals surface area contributed by atoms with Crippen LogP contribution in [0.4, 0.5) is 0 Å². The van der Waals surface area contributed by atoms with Crippen molar-refractivity contribution in [2.45, 2.75) is 19.9 Å². The van der Waals surface area contributed by atoms with Gasteiger partial charge < -0.3 is 4.74 Å². The molecule has 6 heteroatoms. The molecule has 0 spiro atoms. The minimum absolute atomic E-state index is 0.0325. The Balaban J connectivity index is 2.75. The summed E-state index contributed by atoms with van der Waals surface area (Å²) < 4.78 is 31.6. The molecule has 19 heavy (non-hydrogen) atoms. The quantitative estimate of drug-likeness (QED) is 0.788. The smallest absolute Gasteiger partial charge is 0.212 e. The van der Waals surface area contributed by atoms with Crippen LogP contribution in [0.5, 0.6) is 5.75 Å². The van der Waals surface area contributed by atoms with E-state index in [1.807, 2.05) is 31.2 Å². The standard InChI is InChI=1S/C13H20ClNO3S/c1-10(8-14)9-19(16,17)15-11(2)12-5-4-6-13(7-12)18-3/h4-7,10-11,15H,8-9H2,1-3H3/t10?,11-/m1/s1. The lowest BCUT2D eigenvalue weighted by Crippen LogP contribution is -2.31. The lowest BCUT2D eigenvalue weighted by Gasteiger charge is -2.16.